The maximum atomic E-state index is 5.30. The third kappa shape index (κ3) is 4.47. The van der Waals surface area contributed by atoms with Crippen LogP contribution in [0.25, 0.3) is 0 Å². The first-order valence-corrected chi connectivity index (χ1v) is 4.77. The molecule has 0 bridgehead atoms. The van der Waals surface area contributed by atoms with Gasteiger partial charge in [-0.05, 0) is 6.42 Å². The summed E-state index contributed by atoms with van der Waals surface area (Å²) in [4.78, 5) is 0. The predicted molar refractivity (Wildman–Crippen MR) is 30.6 cm³/mol. The lowest BCUT2D eigenvalue weighted by molar-refractivity contribution is 0.345. The summed E-state index contributed by atoms with van der Waals surface area (Å²) < 4.78 is 4.89. The minimum absolute atomic E-state index is 0.625. The van der Waals surface area contributed by atoms with E-state index in [0.29, 0.717) is 0 Å². The van der Waals surface area contributed by atoms with Crippen LogP contribution in [0.1, 0.15) is 13.3 Å². The Balaban J connectivity index is 2.34. The van der Waals surface area contributed by atoms with Crippen LogP contribution in [0.3, 0.4) is 0 Å². The molecule has 0 saturated carbocycles. The quantitative estimate of drug-likeness (QED) is 0.305. The Bertz CT molecular complexity index is 22.8. The van der Waals surface area contributed by atoms with Crippen LogP contribution >= 0.6 is 11.1 Å². The summed E-state index contributed by atoms with van der Waals surface area (Å²) in [6, 6.07) is 0. The molecule has 3 heteroatoms. The summed E-state index contributed by atoms with van der Waals surface area (Å²) in [5, 5.41) is 0. The van der Waals surface area contributed by atoms with Crippen LogP contribution in [0.4, 0.5) is 0 Å². The van der Waals surface area contributed by atoms with Gasteiger partial charge in [0.2, 0.25) is 0 Å². The van der Waals surface area contributed by atoms with Gasteiger partial charge >= 0.3 is 0 Å². The highest BCUT2D eigenvalue weighted by atomic mass is 35.6. The minimum Gasteiger partial charge on any atom is -0.408 e. The van der Waals surface area contributed by atoms with Gasteiger partial charge in [-0.25, -0.2) is 0 Å². The highest BCUT2D eigenvalue weighted by Crippen LogP contribution is 1.77. The van der Waals surface area contributed by atoms with E-state index in [0.717, 1.165) is 13.0 Å². The second-order valence-electron chi connectivity index (χ2n) is 1.02. The Morgan fingerprint density at radius 2 is 2.50 bits per heavy atom. The molecule has 1 nitrogen and oxygen atoms in total. The van der Waals surface area contributed by atoms with Crippen molar-refractivity contribution in [3.63, 3.8) is 0 Å². The molecular formula is C3H9ClOSi. The molecule has 0 aromatic rings. The molecule has 0 aliphatic heterocycles. The highest BCUT2D eigenvalue weighted by molar-refractivity contribution is 6.89. The van der Waals surface area contributed by atoms with Gasteiger partial charge < -0.3 is 4.43 Å². The number of rotatable bonds is 3. The molecular weight excluding hydrogens is 116 g/mol. The summed E-state index contributed by atoms with van der Waals surface area (Å²) in [5.41, 5.74) is 0. The van der Waals surface area contributed by atoms with Crippen LogP contribution in [0.5, 0.6) is 0 Å². The Hall–Kier alpha value is 0.467. The molecule has 6 heavy (non-hydrogen) atoms. The zero-order chi connectivity index (χ0) is 4.83. The Morgan fingerprint density at radius 3 is 2.67 bits per heavy atom. The van der Waals surface area contributed by atoms with Crippen LogP contribution in [0, 0.1) is 0 Å². The third-order valence-electron chi connectivity index (χ3n) is 0.426. The van der Waals surface area contributed by atoms with Gasteiger partial charge in [0, 0.05) is 6.61 Å². The molecule has 0 rings (SSSR count). The molecule has 0 aliphatic carbocycles. The van der Waals surface area contributed by atoms with Crippen molar-refractivity contribution in [1.29, 1.82) is 0 Å². The van der Waals surface area contributed by atoms with Crippen molar-refractivity contribution in [2.45, 2.75) is 13.3 Å². The van der Waals surface area contributed by atoms with Crippen molar-refractivity contribution in [2.24, 2.45) is 0 Å². The Kier molecular flexibility index (Phi) is 5.89. The first-order chi connectivity index (χ1) is 2.91. The molecule has 0 saturated heterocycles. The third-order valence-corrected chi connectivity index (χ3v) is 1.33. The van der Waals surface area contributed by atoms with Crippen LogP contribution in [0.2, 0.25) is 0 Å². The maximum absolute atomic E-state index is 5.30. The van der Waals surface area contributed by atoms with Gasteiger partial charge in [-0.2, -0.15) is 0 Å². The van der Waals surface area contributed by atoms with Crippen LogP contribution in [-0.4, -0.2) is 15.7 Å². The van der Waals surface area contributed by atoms with E-state index in [1.54, 1.807) is 0 Å². The molecule has 0 spiro atoms. The first-order valence-electron chi connectivity index (χ1n) is 2.05. The van der Waals surface area contributed by atoms with E-state index < -0.39 is 9.07 Å². The fourth-order valence-electron chi connectivity index (χ4n) is 0.199. The summed E-state index contributed by atoms with van der Waals surface area (Å²) >= 11 is 5.30. The standard InChI is InChI=1S/C3H9ClOSi/c1-2-3-5-6-4/h2-3,6H2,1H3. The summed E-state index contributed by atoms with van der Waals surface area (Å²) in [7, 11) is -0.625. The average Bonchev–Trinajstić information content (AvgIpc) is 1.61. The van der Waals surface area contributed by atoms with Gasteiger partial charge in [0.15, 0.2) is 0 Å². The van der Waals surface area contributed by atoms with Gasteiger partial charge in [0.05, 0.1) is 0 Å². The lowest BCUT2D eigenvalue weighted by Gasteiger charge is -1.89. The summed E-state index contributed by atoms with van der Waals surface area (Å²) in [5.74, 6) is 0. The lowest BCUT2D eigenvalue weighted by Crippen LogP contribution is -1.90. The van der Waals surface area contributed by atoms with Crippen LogP contribution in [0.15, 0.2) is 0 Å². The number of halogens is 1. The molecule has 0 unspecified atom stereocenters. The molecule has 0 radical (unpaired) electrons. The van der Waals surface area contributed by atoms with E-state index >= 15 is 0 Å². The zero-order valence-corrected chi connectivity index (χ0v) is 6.08. The predicted octanol–water partition coefficient (Wildman–Crippen LogP) is 0.651. The summed E-state index contributed by atoms with van der Waals surface area (Å²) in [6.45, 7) is 2.91. The largest absolute Gasteiger partial charge is 0.408 e. The second-order valence-corrected chi connectivity index (χ2v) is 2.30. The first kappa shape index (κ1) is 6.47. The van der Waals surface area contributed by atoms with E-state index in [-0.39, 0.29) is 0 Å². The smallest absolute Gasteiger partial charge is 0.258 e. The van der Waals surface area contributed by atoms with Crippen molar-refractivity contribution >= 4 is 20.2 Å². The molecule has 0 N–H and O–H groups in total. The van der Waals surface area contributed by atoms with E-state index in [9.17, 15) is 0 Å². The van der Waals surface area contributed by atoms with Crippen molar-refractivity contribution < 1.29 is 4.43 Å². The highest BCUT2D eigenvalue weighted by Gasteiger charge is 1.75. The van der Waals surface area contributed by atoms with Crippen molar-refractivity contribution in [3.05, 3.63) is 0 Å². The Labute approximate surface area is 45.3 Å². The van der Waals surface area contributed by atoms with Gasteiger partial charge in [0.1, 0.15) is 0 Å². The second kappa shape index (κ2) is 5.47. The van der Waals surface area contributed by atoms with Crippen molar-refractivity contribution in [1.82, 2.24) is 0 Å². The van der Waals surface area contributed by atoms with E-state index in [4.69, 9.17) is 15.5 Å². The normalized spacial score (nSPS) is 11.0. The fourth-order valence-corrected chi connectivity index (χ4v) is 0.924. The van der Waals surface area contributed by atoms with Gasteiger partial charge in [0.25, 0.3) is 9.07 Å². The molecule has 38 valence electrons. The van der Waals surface area contributed by atoms with Crippen LogP contribution < -0.4 is 0 Å². The molecule has 0 aromatic heterocycles. The number of hydrogen-bond donors (Lipinski definition) is 0. The maximum Gasteiger partial charge on any atom is 0.258 e. The van der Waals surface area contributed by atoms with Crippen molar-refractivity contribution in [2.75, 3.05) is 6.61 Å². The topological polar surface area (TPSA) is 9.23 Å². The molecule has 0 aromatic carbocycles. The van der Waals surface area contributed by atoms with E-state index in [1.807, 2.05) is 0 Å². The fraction of sp³-hybridized carbons (Fsp3) is 1.00. The lowest BCUT2D eigenvalue weighted by atomic mass is 10.5. The van der Waals surface area contributed by atoms with E-state index in [2.05, 4.69) is 6.92 Å². The molecule has 0 atom stereocenters. The van der Waals surface area contributed by atoms with Crippen molar-refractivity contribution in [3.8, 4) is 0 Å². The van der Waals surface area contributed by atoms with Gasteiger partial charge in [-0.1, -0.05) is 6.92 Å². The van der Waals surface area contributed by atoms with Gasteiger partial charge in [-0.15, -0.1) is 11.1 Å². The molecule has 0 amide bonds. The zero-order valence-electron chi connectivity index (χ0n) is 3.91. The molecule has 0 aliphatic rings. The minimum atomic E-state index is -0.625. The van der Waals surface area contributed by atoms with Crippen LogP contribution in [-0.2, 0) is 4.43 Å². The molecule has 0 heterocycles. The number of hydrogen-bond acceptors (Lipinski definition) is 1. The molecule has 0 fully saturated rings. The van der Waals surface area contributed by atoms with Gasteiger partial charge in [-0.3, -0.25) is 0 Å². The average molecular weight is 125 g/mol. The van der Waals surface area contributed by atoms with E-state index in [1.165, 1.54) is 0 Å². The Morgan fingerprint density at radius 1 is 1.83 bits per heavy atom. The SMILES string of the molecule is CCCO[SiH2]Cl. The summed E-state index contributed by atoms with van der Waals surface area (Å²) in [6.07, 6.45) is 1.08. The monoisotopic (exact) mass is 124 g/mol.